The largest absolute Gasteiger partial charge is 0.508 e. The van der Waals surface area contributed by atoms with Crippen molar-refractivity contribution in [2.75, 3.05) is 0 Å². The lowest BCUT2D eigenvalue weighted by Crippen LogP contribution is -2.36. The summed E-state index contributed by atoms with van der Waals surface area (Å²) in [4.78, 5) is 13.2. The SMILES string of the molecule is CC(C)(C)c1cc(O)cc(C(C)(C)C)c1C1(c2ccc(O)cc2)OC(=O)c2ccccc21. The highest BCUT2D eigenvalue weighted by Crippen LogP contribution is 2.53. The van der Waals surface area contributed by atoms with Gasteiger partial charge in [-0.05, 0) is 52.3 Å². The van der Waals surface area contributed by atoms with Gasteiger partial charge in [0.1, 0.15) is 11.5 Å². The normalized spacial score (nSPS) is 18.4. The minimum atomic E-state index is -1.21. The van der Waals surface area contributed by atoms with Crippen LogP contribution in [0.25, 0.3) is 0 Å². The Kier molecular flexibility index (Phi) is 4.89. The van der Waals surface area contributed by atoms with Gasteiger partial charge in [-0.1, -0.05) is 71.9 Å². The third kappa shape index (κ3) is 3.35. The van der Waals surface area contributed by atoms with Crippen molar-refractivity contribution in [3.63, 3.8) is 0 Å². The van der Waals surface area contributed by atoms with Crippen LogP contribution in [0.15, 0.2) is 60.7 Å². The van der Waals surface area contributed by atoms with Gasteiger partial charge in [-0.3, -0.25) is 0 Å². The number of hydrogen-bond acceptors (Lipinski definition) is 4. The van der Waals surface area contributed by atoms with Gasteiger partial charge in [0.25, 0.3) is 0 Å². The molecule has 3 aromatic rings. The molecule has 32 heavy (non-hydrogen) atoms. The lowest BCUT2D eigenvalue weighted by Gasteiger charge is -2.39. The van der Waals surface area contributed by atoms with E-state index in [4.69, 9.17) is 4.74 Å². The van der Waals surface area contributed by atoms with Crippen LogP contribution in [0.2, 0.25) is 0 Å². The third-order valence-corrected chi connectivity index (χ3v) is 6.14. The van der Waals surface area contributed by atoms with Crippen LogP contribution in [0, 0.1) is 0 Å². The minimum absolute atomic E-state index is 0.138. The summed E-state index contributed by atoms with van der Waals surface area (Å²) in [6.45, 7) is 12.5. The average molecular weight is 431 g/mol. The predicted octanol–water partition coefficient (Wildman–Crippen LogP) is 6.16. The molecule has 4 nitrogen and oxygen atoms in total. The molecule has 0 saturated carbocycles. The zero-order valence-corrected chi connectivity index (χ0v) is 19.5. The van der Waals surface area contributed by atoms with Crippen LogP contribution in [0.4, 0.5) is 0 Å². The van der Waals surface area contributed by atoms with E-state index in [1.165, 1.54) is 0 Å². The van der Waals surface area contributed by atoms with E-state index in [9.17, 15) is 15.0 Å². The fourth-order valence-electron chi connectivity index (χ4n) is 4.65. The van der Waals surface area contributed by atoms with Crippen LogP contribution >= 0.6 is 0 Å². The van der Waals surface area contributed by atoms with Gasteiger partial charge in [0.2, 0.25) is 0 Å². The molecule has 166 valence electrons. The van der Waals surface area contributed by atoms with E-state index in [2.05, 4.69) is 41.5 Å². The van der Waals surface area contributed by atoms with Crippen molar-refractivity contribution < 1.29 is 19.7 Å². The molecule has 2 N–H and O–H groups in total. The lowest BCUT2D eigenvalue weighted by atomic mass is 9.67. The van der Waals surface area contributed by atoms with Crippen molar-refractivity contribution in [1.82, 2.24) is 0 Å². The fraction of sp³-hybridized carbons (Fsp3) is 0.321. The summed E-state index contributed by atoms with van der Waals surface area (Å²) in [5.74, 6) is -0.0668. The molecule has 0 bridgehead atoms. The summed E-state index contributed by atoms with van der Waals surface area (Å²) >= 11 is 0. The topological polar surface area (TPSA) is 66.8 Å². The minimum Gasteiger partial charge on any atom is -0.508 e. The first kappa shape index (κ1) is 21.9. The standard InChI is InChI=1S/C28H30O4/c1-26(2,3)22-15-19(30)16-23(27(4,5)6)24(22)28(17-11-13-18(29)14-12-17)21-10-8-7-9-20(21)25(31)32-28/h7-16,29-30H,1-6H3. The van der Waals surface area contributed by atoms with Gasteiger partial charge in [-0.15, -0.1) is 0 Å². The van der Waals surface area contributed by atoms with Crippen LogP contribution in [0.3, 0.4) is 0 Å². The van der Waals surface area contributed by atoms with Crippen LogP contribution in [-0.4, -0.2) is 16.2 Å². The van der Waals surface area contributed by atoms with Gasteiger partial charge in [0.15, 0.2) is 5.60 Å². The van der Waals surface area contributed by atoms with Gasteiger partial charge < -0.3 is 14.9 Å². The van der Waals surface area contributed by atoms with Gasteiger partial charge in [-0.25, -0.2) is 4.79 Å². The van der Waals surface area contributed by atoms with E-state index in [0.717, 1.165) is 27.8 Å². The number of hydrogen-bond donors (Lipinski definition) is 2. The Morgan fingerprint density at radius 1 is 0.750 bits per heavy atom. The van der Waals surface area contributed by atoms with Crippen molar-refractivity contribution in [2.24, 2.45) is 0 Å². The lowest BCUT2D eigenvalue weighted by molar-refractivity contribution is 0.0241. The molecule has 0 radical (unpaired) electrons. The Bertz CT molecular complexity index is 1160. The number of carbonyl (C=O) groups is 1. The van der Waals surface area contributed by atoms with E-state index >= 15 is 0 Å². The van der Waals surface area contributed by atoms with Crippen molar-refractivity contribution in [2.45, 2.75) is 58.0 Å². The molecule has 0 amide bonds. The van der Waals surface area contributed by atoms with Crippen LogP contribution in [0.1, 0.15) is 79.7 Å². The quantitative estimate of drug-likeness (QED) is 0.478. The Labute approximate surface area is 189 Å². The van der Waals surface area contributed by atoms with Gasteiger partial charge in [0, 0.05) is 16.7 Å². The second-order valence-corrected chi connectivity index (χ2v) is 10.6. The number of esters is 1. The Morgan fingerprint density at radius 3 is 1.81 bits per heavy atom. The second-order valence-electron chi connectivity index (χ2n) is 10.6. The molecule has 0 aliphatic carbocycles. The Morgan fingerprint density at radius 2 is 1.28 bits per heavy atom. The number of phenolic OH excluding ortho intramolecular Hbond substituents is 2. The summed E-state index contributed by atoms with van der Waals surface area (Å²) in [5, 5.41) is 20.6. The first-order valence-corrected chi connectivity index (χ1v) is 10.9. The van der Waals surface area contributed by atoms with E-state index in [-0.39, 0.29) is 28.3 Å². The zero-order chi connectivity index (χ0) is 23.5. The van der Waals surface area contributed by atoms with Crippen molar-refractivity contribution in [3.05, 3.63) is 94.0 Å². The molecule has 0 spiro atoms. The summed E-state index contributed by atoms with van der Waals surface area (Å²) in [7, 11) is 0. The van der Waals surface area contributed by atoms with Gasteiger partial charge >= 0.3 is 5.97 Å². The van der Waals surface area contributed by atoms with Crippen molar-refractivity contribution >= 4 is 5.97 Å². The molecular formula is C28H30O4. The van der Waals surface area contributed by atoms with Crippen molar-refractivity contribution in [3.8, 4) is 11.5 Å². The molecular weight excluding hydrogens is 400 g/mol. The van der Waals surface area contributed by atoms with E-state index < -0.39 is 5.60 Å². The molecule has 1 heterocycles. The van der Waals surface area contributed by atoms with E-state index in [0.29, 0.717) is 5.56 Å². The van der Waals surface area contributed by atoms with E-state index in [1.54, 1.807) is 42.5 Å². The Hall–Kier alpha value is -3.27. The number of benzene rings is 3. The summed E-state index contributed by atoms with van der Waals surface area (Å²) in [5.41, 5.74) is 2.80. The monoisotopic (exact) mass is 430 g/mol. The predicted molar refractivity (Wildman–Crippen MR) is 125 cm³/mol. The third-order valence-electron chi connectivity index (χ3n) is 6.14. The van der Waals surface area contributed by atoms with Crippen molar-refractivity contribution in [1.29, 1.82) is 0 Å². The zero-order valence-electron chi connectivity index (χ0n) is 19.5. The number of phenols is 2. The summed E-state index contributed by atoms with van der Waals surface area (Å²) in [6, 6.07) is 17.8. The number of cyclic esters (lactones) is 1. The molecule has 0 aromatic heterocycles. The molecule has 1 atom stereocenters. The average Bonchev–Trinajstić information content (AvgIpc) is 3.00. The number of carbonyl (C=O) groups excluding carboxylic acids is 1. The molecule has 1 aliphatic rings. The molecule has 0 fully saturated rings. The maximum Gasteiger partial charge on any atom is 0.340 e. The number of rotatable bonds is 2. The molecule has 4 heteroatoms. The van der Waals surface area contributed by atoms with Crippen LogP contribution < -0.4 is 0 Å². The second kappa shape index (κ2) is 7.13. The number of ether oxygens (including phenoxy) is 1. The maximum absolute atomic E-state index is 13.2. The molecule has 1 unspecified atom stereocenters. The summed E-state index contributed by atoms with van der Waals surface area (Å²) < 4.78 is 6.34. The Balaban J connectivity index is 2.24. The highest BCUT2D eigenvalue weighted by molar-refractivity contribution is 5.96. The first-order chi connectivity index (χ1) is 14.9. The smallest absolute Gasteiger partial charge is 0.340 e. The number of aromatic hydroxyl groups is 2. The first-order valence-electron chi connectivity index (χ1n) is 10.9. The van der Waals surface area contributed by atoms with E-state index in [1.807, 2.05) is 18.2 Å². The molecule has 3 aromatic carbocycles. The maximum atomic E-state index is 13.2. The molecule has 0 saturated heterocycles. The highest BCUT2D eigenvalue weighted by Gasteiger charge is 2.52. The van der Waals surface area contributed by atoms with Gasteiger partial charge in [-0.2, -0.15) is 0 Å². The fourth-order valence-corrected chi connectivity index (χ4v) is 4.65. The van der Waals surface area contributed by atoms with Crippen LogP contribution in [-0.2, 0) is 21.2 Å². The van der Waals surface area contributed by atoms with Crippen LogP contribution in [0.5, 0.6) is 11.5 Å². The molecule has 1 aliphatic heterocycles. The summed E-state index contributed by atoms with van der Waals surface area (Å²) in [6.07, 6.45) is 0. The highest BCUT2D eigenvalue weighted by atomic mass is 16.6. The number of fused-ring (bicyclic) bond motifs is 1. The van der Waals surface area contributed by atoms with Gasteiger partial charge in [0.05, 0.1) is 5.56 Å². The molecule has 4 rings (SSSR count).